The van der Waals surface area contributed by atoms with Crippen LogP contribution in [0.15, 0.2) is 34.3 Å². The van der Waals surface area contributed by atoms with Gasteiger partial charge in [0, 0.05) is 13.0 Å². The second-order valence-corrected chi connectivity index (χ2v) is 6.60. The van der Waals surface area contributed by atoms with Crippen molar-refractivity contribution in [3.05, 3.63) is 41.2 Å². The number of ether oxygens (including phenoxy) is 1. The van der Waals surface area contributed by atoms with Crippen LogP contribution in [0.5, 0.6) is 0 Å². The summed E-state index contributed by atoms with van der Waals surface area (Å²) in [6.07, 6.45) is 1.57. The van der Waals surface area contributed by atoms with Crippen LogP contribution < -0.4 is 5.32 Å². The standard InChI is InChI=1S/C17H15N3O5S/c18-7-11-3-5-26-16(11)19-14(21)10-25-17(23)12-6-15(22)20(8-12)9-13-2-1-4-24-13/h1-5,12H,6,8-10H2,(H,19,21)/t12-/m0/s1. The van der Waals surface area contributed by atoms with E-state index in [2.05, 4.69) is 5.32 Å². The van der Waals surface area contributed by atoms with Gasteiger partial charge in [0.2, 0.25) is 5.91 Å². The van der Waals surface area contributed by atoms with Crippen molar-refractivity contribution in [1.29, 1.82) is 5.26 Å². The third-order valence-electron chi connectivity index (χ3n) is 3.86. The van der Waals surface area contributed by atoms with E-state index in [0.717, 1.165) is 0 Å². The van der Waals surface area contributed by atoms with Crippen LogP contribution in [0.25, 0.3) is 0 Å². The topological polar surface area (TPSA) is 113 Å². The lowest BCUT2D eigenvalue weighted by Crippen LogP contribution is -2.28. The van der Waals surface area contributed by atoms with Crippen LogP contribution in [-0.2, 0) is 25.7 Å². The van der Waals surface area contributed by atoms with Gasteiger partial charge in [-0.3, -0.25) is 14.4 Å². The van der Waals surface area contributed by atoms with Crippen LogP contribution in [0.1, 0.15) is 17.7 Å². The molecule has 0 bridgehead atoms. The third kappa shape index (κ3) is 4.10. The first-order valence-corrected chi connectivity index (χ1v) is 8.69. The van der Waals surface area contributed by atoms with Crippen molar-refractivity contribution in [1.82, 2.24) is 4.90 Å². The van der Waals surface area contributed by atoms with Gasteiger partial charge in [-0.25, -0.2) is 0 Å². The van der Waals surface area contributed by atoms with Crippen molar-refractivity contribution in [3.8, 4) is 6.07 Å². The smallest absolute Gasteiger partial charge is 0.311 e. The van der Waals surface area contributed by atoms with E-state index in [1.807, 2.05) is 6.07 Å². The summed E-state index contributed by atoms with van der Waals surface area (Å²) in [5, 5.41) is 13.5. The Hall–Kier alpha value is -3.12. The number of amides is 2. The van der Waals surface area contributed by atoms with Gasteiger partial charge in [-0.1, -0.05) is 0 Å². The van der Waals surface area contributed by atoms with Gasteiger partial charge in [-0.15, -0.1) is 11.3 Å². The Bertz CT molecular complexity index is 852. The van der Waals surface area contributed by atoms with Crippen molar-refractivity contribution >= 4 is 34.1 Å². The van der Waals surface area contributed by atoms with Gasteiger partial charge in [-0.2, -0.15) is 5.26 Å². The molecule has 3 heterocycles. The zero-order valence-corrected chi connectivity index (χ0v) is 14.5. The summed E-state index contributed by atoms with van der Waals surface area (Å²) in [7, 11) is 0. The van der Waals surface area contributed by atoms with Crippen molar-refractivity contribution in [3.63, 3.8) is 0 Å². The van der Waals surface area contributed by atoms with E-state index in [1.54, 1.807) is 23.6 Å². The summed E-state index contributed by atoms with van der Waals surface area (Å²) in [5.41, 5.74) is 0.352. The molecular formula is C17H15N3O5S. The predicted octanol–water partition coefficient (Wildman–Crippen LogP) is 1.74. The van der Waals surface area contributed by atoms with Gasteiger partial charge in [0.05, 0.1) is 24.3 Å². The highest BCUT2D eigenvalue weighted by molar-refractivity contribution is 7.14. The molecule has 0 spiro atoms. The van der Waals surface area contributed by atoms with Gasteiger partial charge in [0.25, 0.3) is 5.91 Å². The molecule has 8 nitrogen and oxygen atoms in total. The van der Waals surface area contributed by atoms with Gasteiger partial charge >= 0.3 is 5.97 Å². The van der Waals surface area contributed by atoms with Crippen LogP contribution in [0.3, 0.4) is 0 Å². The molecule has 2 aromatic heterocycles. The van der Waals surface area contributed by atoms with E-state index in [9.17, 15) is 14.4 Å². The third-order valence-corrected chi connectivity index (χ3v) is 4.69. The zero-order valence-electron chi connectivity index (χ0n) is 13.6. The summed E-state index contributed by atoms with van der Waals surface area (Å²) in [6.45, 7) is 0.0549. The number of thiophene rings is 1. The minimum atomic E-state index is -0.610. The second-order valence-electron chi connectivity index (χ2n) is 5.69. The Morgan fingerprint density at radius 1 is 1.46 bits per heavy atom. The molecule has 1 aliphatic heterocycles. The lowest BCUT2D eigenvalue weighted by Gasteiger charge is -2.14. The molecule has 1 aliphatic rings. The number of hydrogen-bond acceptors (Lipinski definition) is 7. The minimum absolute atomic E-state index is 0.0463. The molecule has 134 valence electrons. The number of nitriles is 1. The van der Waals surface area contributed by atoms with Gasteiger partial charge < -0.3 is 19.4 Å². The number of esters is 1. The first kappa shape index (κ1) is 17.7. The number of carbonyl (C=O) groups excluding carboxylic acids is 3. The summed E-state index contributed by atoms with van der Waals surface area (Å²) in [6, 6.07) is 7.02. The van der Waals surface area contributed by atoms with Crippen LogP contribution in [0.2, 0.25) is 0 Å². The van der Waals surface area contributed by atoms with Gasteiger partial charge in [0.15, 0.2) is 6.61 Å². The van der Waals surface area contributed by atoms with E-state index in [0.29, 0.717) is 22.9 Å². The van der Waals surface area contributed by atoms with E-state index in [1.165, 1.54) is 22.5 Å². The summed E-state index contributed by atoms with van der Waals surface area (Å²) in [4.78, 5) is 37.5. The fourth-order valence-electron chi connectivity index (χ4n) is 2.58. The predicted molar refractivity (Wildman–Crippen MR) is 90.9 cm³/mol. The Kier molecular flexibility index (Phi) is 5.34. The molecule has 0 radical (unpaired) electrons. The molecule has 2 amide bonds. The first-order valence-electron chi connectivity index (χ1n) is 7.81. The van der Waals surface area contributed by atoms with Crippen molar-refractivity contribution < 1.29 is 23.5 Å². The molecule has 1 fully saturated rings. The van der Waals surface area contributed by atoms with Crippen molar-refractivity contribution in [2.24, 2.45) is 5.92 Å². The molecule has 1 saturated heterocycles. The number of nitrogens with one attached hydrogen (secondary N) is 1. The van der Waals surface area contributed by atoms with E-state index in [4.69, 9.17) is 14.4 Å². The monoisotopic (exact) mass is 373 g/mol. The largest absolute Gasteiger partial charge is 0.467 e. The number of rotatable bonds is 6. The van der Waals surface area contributed by atoms with Gasteiger partial charge in [-0.05, 0) is 23.6 Å². The number of furan rings is 1. The first-order chi connectivity index (χ1) is 12.6. The fraction of sp³-hybridized carbons (Fsp3) is 0.294. The fourth-order valence-corrected chi connectivity index (χ4v) is 3.34. The average molecular weight is 373 g/mol. The molecule has 3 rings (SSSR count). The molecular weight excluding hydrogens is 358 g/mol. The molecule has 1 atom stereocenters. The highest BCUT2D eigenvalue weighted by Crippen LogP contribution is 2.23. The second kappa shape index (κ2) is 7.84. The normalized spacial score (nSPS) is 16.3. The zero-order chi connectivity index (χ0) is 18.5. The van der Waals surface area contributed by atoms with Crippen LogP contribution in [-0.4, -0.2) is 35.8 Å². The summed E-state index contributed by atoms with van der Waals surface area (Å²) >= 11 is 1.21. The number of hydrogen-bond donors (Lipinski definition) is 1. The maximum Gasteiger partial charge on any atom is 0.311 e. The highest BCUT2D eigenvalue weighted by Gasteiger charge is 2.35. The van der Waals surface area contributed by atoms with Crippen molar-refractivity contribution in [2.45, 2.75) is 13.0 Å². The van der Waals surface area contributed by atoms with Crippen molar-refractivity contribution in [2.75, 3.05) is 18.5 Å². The lowest BCUT2D eigenvalue weighted by atomic mass is 10.1. The molecule has 0 saturated carbocycles. The highest BCUT2D eigenvalue weighted by atomic mass is 32.1. The Balaban J connectivity index is 1.47. The quantitative estimate of drug-likeness (QED) is 0.772. The van der Waals surface area contributed by atoms with Crippen LogP contribution >= 0.6 is 11.3 Å². The lowest BCUT2D eigenvalue weighted by molar-refractivity contribution is -0.151. The molecule has 0 aliphatic carbocycles. The Morgan fingerprint density at radius 2 is 2.31 bits per heavy atom. The Morgan fingerprint density at radius 3 is 3.04 bits per heavy atom. The minimum Gasteiger partial charge on any atom is -0.467 e. The molecule has 1 N–H and O–H groups in total. The SMILES string of the molecule is N#Cc1ccsc1NC(=O)COC(=O)[C@H]1CC(=O)N(Cc2ccco2)C1. The van der Waals surface area contributed by atoms with Gasteiger partial charge in [0.1, 0.15) is 16.8 Å². The molecule has 9 heteroatoms. The number of anilines is 1. The molecule has 0 aromatic carbocycles. The molecule has 2 aromatic rings. The Labute approximate surface area is 153 Å². The summed E-state index contributed by atoms with van der Waals surface area (Å²) < 4.78 is 10.2. The number of nitrogens with zero attached hydrogens (tertiary/aromatic N) is 2. The van der Waals surface area contributed by atoms with E-state index >= 15 is 0 Å². The summed E-state index contributed by atoms with van der Waals surface area (Å²) in [5.74, 6) is -1.26. The average Bonchev–Trinajstić information content (AvgIpc) is 3.35. The van der Waals surface area contributed by atoms with E-state index < -0.39 is 24.4 Å². The number of carbonyl (C=O) groups is 3. The molecule has 26 heavy (non-hydrogen) atoms. The van der Waals surface area contributed by atoms with Crippen LogP contribution in [0.4, 0.5) is 5.00 Å². The molecule has 0 unspecified atom stereocenters. The maximum absolute atomic E-state index is 12.1. The van der Waals surface area contributed by atoms with Crippen LogP contribution in [0, 0.1) is 17.2 Å². The number of likely N-dealkylation sites (tertiary alicyclic amines) is 1. The maximum atomic E-state index is 12.1. The van der Waals surface area contributed by atoms with E-state index in [-0.39, 0.29) is 18.9 Å².